The highest BCUT2D eigenvalue weighted by Gasteiger charge is 2.51. The van der Waals surface area contributed by atoms with Gasteiger partial charge in [-0.2, -0.15) is 0 Å². The van der Waals surface area contributed by atoms with Crippen molar-refractivity contribution >= 4 is 23.2 Å². The van der Waals surface area contributed by atoms with E-state index in [9.17, 15) is 9.59 Å². The third-order valence-corrected chi connectivity index (χ3v) is 7.77. The highest BCUT2D eigenvalue weighted by molar-refractivity contribution is 7.13. The molecule has 26 heavy (non-hydrogen) atoms. The zero-order valence-corrected chi connectivity index (χ0v) is 16.7. The van der Waals surface area contributed by atoms with E-state index in [0.29, 0.717) is 18.2 Å². The number of amides is 2. The number of rotatable bonds is 4. The Labute approximate surface area is 159 Å². The molecule has 0 aromatic carbocycles. The number of carbonyl (C=O) groups excluding carboxylic acids is 2. The highest BCUT2D eigenvalue weighted by atomic mass is 32.1. The van der Waals surface area contributed by atoms with E-state index in [1.807, 2.05) is 23.6 Å². The molecule has 6 heteroatoms. The molecule has 0 radical (unpaired) electrons. The van der Waals surface area contributed by atoms with Crippen LogP contribution in [0.15, 0.2) is 0 Å². The van der Waals surface area contributed by atoms with Crippen LogP contribution < -0.4 is 0 Å². The predicted octanol–water partition coefficient (Wildman–Crippen LogP) is 3.40. The summed E-state index contributed by atoms with van der Waals surface area (Å²) in [5.41, 5.74) is 1.13. The van der Waals surface area contributed by atoms with Gasteiger partial charge in [0.15, 0.2) is 0 Å². The van der Waals surface area contributed by atoms with Crippen molar-refractivity contribution in [1.82, 2.24) is 14.8 Å². The van der Waals surface area contributed by atoms with Crippen LogP contribution in [0.2, 0.25) is 0 Å². The lowest BCUT2D eigenvalue weighted by atomic mass is 9.62. The third kappa shape index (κ3) is 3.17. The van der Waals surface area contributed by atoms with Crippen LogP contribution in [0.3, 0.4) is 0 Å². The van der Waals surface area contributed by atoms with Gasteiger partial charge in [-0.15, -0.1) is 11.3 Å². The van der Waals surface area contributed by atoms with Crippen molar-refractivity contribution in [1.29, 1.82) is 0 Å². The summed E-state index contributed by atoms with van der Waals surface area (Å²) in [5, 5.41) is 0.955. The number of carbonyl (C=O) groups is 2. The van der Waals surface area contributed by atoms with Crippen LogP contribution in [-0.2, 0) is 4.79 Å². The Balaban J connectivity index is 1.41. The Kier molecular flexibility index (Phi) is 4.80. The maximum atomic E-state index is 13.0. The average Bonchev–Trinajstić information content (AvgIpc) is 3.29. The molecular formula is C20H29N3O2S. The van der Waals surface area contributed by atoms with Crippen molar-refractivity contribution in [2.75, 3.05) is 26.2 Å². The fraction of sp³-hybridized carbons (Fsp3) is 0.750. The van der Waals surface area contributed by atoms with E-state index in [1.54, 1.807) is 0 Å². The van der Waals surface area contributed by atoms with E-state index in [1.165, 1.54) is 30.6 Å². The molecule has 1 atom stereocenters. The standard InChI is InChI=1S/C20H29N3O2S/c1-14-18(26-15(2)21-14)19(25)23-12-16(20(13-23)8-5-9-20)6-7-17(24)22-10-3-4-11-22/h16H,3-13H2,1-2H3. The smallest absolute Gasteiger partial charge is 0.265 e. The maximum absolute atomic E-state index is 13.0. The van der Waals surface area contributed by atoms with E-state index in [2.05, 4.69) is 4.98 Å². The van der Waals surface area contributed by atoms with E-state index in [4.69, 9.17) is 0 Å². The zero-order valence-electron chi connectivity index (χ0n) is 15.9. The van der Waals surface area contributed by atoms with Crippen molar-refractivity contribution < 1.29 is 9.59 Å². The van der Waals surface area contributed by atoms with E-state index in [0.717, 1.165) is 61.0 Å². The average molecular weight is 376 g/mol. The van der Waals surface area contributed by atoms with Crippen LogP contribution in [0.25, 0.3) is 0 Å². The molecule has 1 saturated carbocycles. The molecule has 5 nitrogen and oxygen atoms in total. The molecule has 3 heterocycles. The molecule has 1 aromatic heterocycles. The number of hydrogen-bond acceptors (Lipinski definition) is 4. The van der Waals surface area contributed by atoms with Gasteiger partial charge in [0.1, 0.15) is 4.88 Å². The van der Waals surface area contributed by atoms with Gasteiger partial charge in [-0.25, -0.2) is 4.98 Å². The van der Waals surface area contributed by atoms with Crippen molar-refractivity contribution in [2.45, 2.75) is 58.8 Å². The summed E-state index contributed by atoms with van der Waals surface area (Å²) >= 11 is 1.51. The minimum Gasteiger partial charge on any atom is -0.343 e. The number of aromatic nitrogens is 1. The fourth-order valence-corrected chi connectivity index (χ4v) is 5.97. The molecule has 1 aromatic rings. The first-order valence-electron chi connectivity index (χ1n) is 10.00. The van der Waals surface area contributed by atoms with Gasteiger partial charge in [-0.1, -0.05) is 6.42 Å². The lowest BCUT2D eigenvalue weighted by molar-refractivity contribution is -0.130. The maximum Gasteiger partial charge on any atom is 0.265 e. The topological polar surface area (TPSA) is 53.5 Å². The van der Waals surface area contributed by atoms with Gasteiger partial charge >= 0.3 is 0 Å². The molecule has 1 aliphatic carbocycles. The minimum absolute atomic E-state index is 0.146. The molecule has 1 unspecified atom stereocenters. The predicted molar refractivity (Wildman–Crippen MR) is 102 cm³/mol. The molecule has 3 fully saturated rings. The normalized spacial score (nSPS) is 24.3. The second-order valence-electron chi connectivity index (χ2n) is 8.37. The van der Waals surface area contributed by atoms with Gasteiger partial charge in [-0.3, -0.25) is 9.59 Å². The van der Waals surface area contributed by atoms with Crippen LogP contribution in [0.1, 0.15) is 65.3 Å². The van der Waals surface area contributed by atoms with Crippen LogP contribution in [0, 0.1) is 25.2 Å². The third-order valence-electron chi connectivity index (χ3n) is 6.71. The Morgan fingerprint density at radius 1 is 1.15 bits per heavy atom. The summed E-state index contributed by atoms with van der Waals surface area (Å²) < 4.78 is 0. The highest BCUT2D eigenvalue weighted by Crippen LogP contribution is 2.53. The van der Waals surface area contributed by atoms with Crippen molar-refractivity contribution in [3.05, 3.63) is 15.6 Å². The first-order chi connectivity index (χ1) is 12.5. The second kappa shape index (κ2) is 6.95. The van der Waals surface area contributed by atoms with Gasteiger partial charge in [0.2, 0.25) is 5.91 Å². The summed E-state index contributed by atoms with van der Waals surface area (Å²) in [7, 11) is 0. The van der Waals surface area contributed by atoms with E-state index in [-0.39, 0.29) is 11.3 Å². The monoisotopic (exact) mass is 375 g/mol. The first kappa shape index (κ1) is 18.0. The molecule has 2 aliphatic heterocycles. The second-order valence-corrected chi connectivity index (χ2v) is 9.58. The quantitative estimate of drug-likeness (QED) is 0.810. The van der Waals surface area contributed by atoms with Gasteiger partial charge < -0.3 is 9.80 Å². The van der Waals surface area contributed by atoms with Crippen LogP contribution in [-0.4, -0.2) is 52.8 Å². The number of nitrogens with zero attached hydrogens (tertiary/aromatic N) is 3. The summed E-state index contributed by atoms with van der Waals surface area (Å²) in [6.45, 7) is 7.43. The van der Waals surface area contributed by atoms with Crippen molar-refractivity contribution in [3.8, 4) is 0 Å². The van der Waals surface area contributed by atoms with Gasteiger partial charge in [0.25, 0.3) is 5.91 Å². The Hall–Kier alpha value is -1.43. The molecule has 142 valence electrons. The van der Waals surface area contributed by atoms with Crippen LogP contribution in [0.5, 0.6) is 0 Å². The first-order valence-corrected chi connectivity index (χ1v) is 10.8. The zero-order chi connectivity index (χ0) is 18.3. The fourth-order valence-electron chi connectivity index (χ4n) is 5.08. The van der Waals surface area contributed by atoms with Gasteiger partial charge in [0, 0.05) is 32.6 Å². The summed E-state index contributed by atoms with van der Waals surface area (Å²) in [6, 6.07) is 0. The van der Waals surface area contributed by atoms with Crippen LogP contribution >= 0.6 is 11.3 Å². The van der Waals surface area contributed by atoms with Crippen molar-refractivity contribution in [2.24, 2.45) is 11.3 Å². The van der Waals surface area contributed by atoms with Gasteiger partial charge in [-0.05, 0) is 57.3 Å². The Morgan fingerprint density at radius 3 is 2.46 bits per heavy atom. The summed E-state index contributed by atoms with van der Waals surface area (Å²) in [4.78, 5) is 34.7. The number of likely N-dealkylation sites (tertiary alicyclic amines) is 2. The largest absolute Gasteiger partial charge is 0.343 e. The summed E-state index contributed by atoms with van der Waals surface area (Å²) in [6.07, 6.45) is 7.55. The number of thiazole rings is 1. The molecule has 0 N–H and O–H groups in total. The van der Waals surface area contributed by atoms with Crippen LogP contribution in [0.4, 0.5) is 0 Å². The Morgan fingerprint density at radius 2 is 1.88 bits per heavy atom. The molecular weight excluding hydrogens is 346 g/mol. The summed E-state index contributed by atoms with van der Waals surface area (Å²) in [5.74, 6) is 0.935. The SMILES string of the molecule is Cc1nc(C)c(C(=O)N2CC(CCC(=O)N3CCCC3)C3(CCC3)C2)s1. The molecule has 2 saturated heterocycles. The van der Waals surface area contributed by atoms with Gasteiger partial charge in [0.05, 0.1) is 10.7 Å². The van der Waals surface area contributed by atoms with E-state index < -0.39 is 0 Å². The minimum atomic E-state index is 0.146. The number of hydrogen-bond donors (Lipinski definition) is 0. The lowest BCUT2D eigenvalue weighted by Gasteiger charge is -2.43. The molecule has 0 bridgehead atoms. The molecule has 4 rings (SSSR count). The molecule has 3 aliphatic rings. The molecule has 1 spiro atoms. The number of aryl methyl sites for hydroxylation is 2. The molecule has 2 amide bonds. The van der Waals surface area contributed by atoms with Crippen molar-refractivity contribution in [3.63, 3.8) is 0 Å². The lowest BCUT2D eigenvalue weighted by Crippen LogP contribution is -2.39. The Bertz CT molecular complexity index is 704. The van der Waals surface area contributed by atoms with E-state index >= 15 is 0 Å².